The molecule has 0 aliphatic carbocycles. The zero-order chi connectivity index (χ0) is 16.0. The number of hydrogen-bond acceptors (Lipinski definition) is 4. The van der Waals surface area contributed by atoms with E-state index in [1.54, 1.807) is 0 Å². The number of anilines is 2. The van der Waals surface area contributed by atoms with Gasteiger partial charge in [0, 0.05) is 23.5 Å². The highest BCUT2D eigenvalue weighted by Crippen LogP contribution is 2.29. The monoisotopic (exact) mass is 299 g/mol. The van der Waals surface area contributed by atoms with Gasteiger partial charge >= 0.3 is 6.18 Å². The van der Waals surface area contributed by atoms with E-state index in [9.17, 15) is 23.3 Å². The number of nitrogen functional groups attached to an aromatic ring is 2. The lowest BCUT2D eigenvalue weighted by Gasteiger charge is -2.05. The minimum atomic E-state index is -4.27. The lowest BCUT2D eigenvalue weighted by molar-refractivity contribution is -0.384. The van der Waals surface area contributed by atoms with Crippen molar-refractivity contribution < 1.29 is 18.1 Å². The van der Waals surface area contributed by atoms with Crippen molar-refractivity contribution in [2.24, 2.45) is 0 Å². The molecule has 4 N–H and O–H groups in total. The molecule has 0 heterocycles. The normalized spacial score (nSPS) is 10.4. The highest BCUT2D eigenvalue weighted by Gasteiger charge is 2.29. The summed E-state index contributed by atoms with van der Waals surface area (Å²) in [4.78, 5) is 9.62. The van der Waals surface area contributed by atoms with E-state index in [0.717, 1.165) is 12.1 Å². The molecule has 0 spiro atoms. The van der Waals surface area contributed by atoms with E-state index in [1.807, 2.05) is 0 Å². The zero-order valence-electron chi connectivity index (χ0n) is 10.7. The Labute approximate surface area is 118 Å². The van der Waals surface area contributed by atoms with Gasteiger partial charge in [0.15, 0.2) is 0 Å². The van der Waals surface area contributed by atoms with E-state index in [0.29, 0.717) is 11.4 Å². The van der Waals surface area contributed by atoms with Gasteiger partial charge < -0.3 is 11.5 Å². The van der Waals surface area contributed by atoms with Crippen LogP contribution in [0.1, 0.15) is 5.56 Å². The maximum absolute atomic E-state index is 11.9. The van der Waals surface area contributed by atoms with Crippen LogP contribution in [0, 0.1) is 10.1 Å². The smallest absolute Gasteiger partial charge is 0.399 e. The van der Waals surface area contributed by atoms with E-state index < -0.39 is 16.7 Å². The van der Waals surface area contributed by atoms with Crippen LogP contribution in [0.4, 0.5) is 30.2 Å². The molecule has 0 fully saturated rings. The van der Waals surface area contributed by atoms with E-state index in [-0.39, 0.29) is 5.69 Å². The fraction of sp³-hybridized carbons (Fsp3) is 0.0769. The Morgan fingerprint density at radius 1 is 0.857 bits per heavy atom. The van der Waals surface area contributed by atoms with Gasteiger partial charge in [-0.1, -0.05) is 0 Å². The maximum atomic E-state index is 11.9. The third-order valence-corrected chi connectivity index (χ3v) is 2.34. The number of nitro benzene ring substituents is 1. The molecular weight excluding hydrogens is 287 g/mol. The van der Waals surface area contributed by atoms with Gasteiger partial charge in [0.25, 0.3) is 5.69 Å². The molecule has 0 saturated heterocycles. The van der Waals surface area contributed by atoms with E-state index >= 15 is 0 Å². The van der Waals surface area contributed by atoms with E-state index in [2.05, 4.69) is 0 Å². The maximum Gasteiger partial charge on any atom is 0.416 e. The molecule has 2 rings (SSSR count). The minimum absolute atomic E-state index is 0.0641. The second-order valence-electron chi connectivity index (χ2n) is 3.97. The van der Waals surface area contributed by atoms with Crippen LogP contribution in [0.2, 0.25) is 0 Å². The molecule has 0 aromatic heterocycles. The topological polar surface area (TPSA) is 95.2 Å². The molecule has 0 radical (unpaired) electrons. The lowest BCUT2D eigenvalue weighted by atomic mass is 10.2. The number of halogens is 3. The highest BCUT2D eigenvalue weighted by molar-refractivity contribution is 5.44. The van der Waals surface area contributed by atoms with Crippen LogP contribution < -0.4 is 11.5 Å². The van der Waals surface area contributed by atoms with Gasteiger partial charge in [-0.15, -0.1) is 0 Å². The quantitative estimate of drug-likeness (QED) is 0.479. The van der Waals surface area contributed by atoms with Crippen molar-refractivity contribution in [2.45, 2.75) is 6.18 Å². The largest absolute Gasteiger partial charge is 0.416 e. The molecule has 0 amide bonds. The third-order valence-electron chi connectivity index (χ3n) is 2.34. The summed E-state index contributed by atoms with van der Waals surface area (Å²) in [6.45, 7) is 0. The molecule has 0 unspecified atom stereocenters. The molecule has 21 heavy (non-hydrogen) atoms. The van der Waals surface area contributed by atoms with Crippen LogP contribution >= 0.6 is 0 Å². The Morgan fingerprint density at radius 3 is 1.57 bits per heavy atom. The van der Waals surface area contributed by atoms with Crippen molar-refractivity contribution in [1.29, 1.82) is 0 Å². The van der Waals surface area contributed by atoms with Gasteiger partial charge in [-0.3, -0.25) is 10.1 Å². The van der Waals surface area contributed by atoms with E-state index in [4.69, 9.17) is 11.5 Å². The number of non-ortho nitro benzene ring substituents is 1. The van der Waals surface area contributed by atoms with Crippen LogP contribution in [0.25, 0.3) is 0 Å². The van der Waals surface area contributed by atoms with Gasteiger partial charge in [0.05, 0.1) is 10.5 Å². The summed E-state index contributed by atoms with van der Waals surface area (Å²) in [5.41, 5.74) is 10.8. The average molecular weight is 299 g/mol. The molecule has 8 heteroatoms. The Kier molecular flexibility index (Phi) is 5.12. The van der Waals surface area contributed by atoms with Crippen molar-refractivity contribution in [3.63, 3.8) is 0 Å². The molecule has 2 aromatic rings. The fourth-order valence-corrected chi connectivity index (χ4v) is 1.27. The van der Waals surface area contributed by atoms with Crippen LogP contribution in [-0.2, 0) is 6.18 Å². The van der Waals surface area contributed by atoms with Crippen LogP contribution in [0.3, 0.4) is 0 Å². The molecule has 0 aliphatic heterocycles. The highest BCUT2D eigenvalue weighted by atomic mass is 19.4. The first-order valence-corrected chi connectivity index (χ1v) is 5.63. The second-order valence-corrected chi connectivity index (χ2v) is 3.97. The minimum Gasteiger partial charge on any atom is -0.399 e. The van der Waals surface area contributed by atoms with Gasteiger partial charge in [0.1, 0.15) is 0 Å². The summed E-state index contributed by atoms with van der Waals surface area (Å²) in [5, 5.41) is 10.1. The number of nitro groups is 1. The Bertz CT molecular complexity index is 596. The molecule has 0 aliphatic rings. The number of hydrogen-bond donors (Lipinski definition) is 2. The first-order chi connectivity index (χ1) is 9.70. The van der Waals surface area contributed by atoms with Crippen molar-refractivity contribution in [3.05, 3.63) is 64.2 Å². The van der Waals surface area contributed by atoms with Gasteiger partial charge in [-0.25, -0.2) is 0 Å². The predicted octanol–water partition coefficient (Wildman–Crippen LogP) is 3.46. The standard InChI is InChI=1S/C7H6F3N.C6H6N2O2/c8-7(9,10)5-1-3-6(11)4-2-5;7-5-1-3-6(4-2-5)8(9)10/h1-4H,11H2;1-4H,7H2. The summed E-state index contributed by atoms with van der Waals surface area (Å²) >= 11 is 0. The van der Waals surface area contributed by atoms with E-state index in [1.165, 1.54) is 36.4 Å². The second kappa shape index (κ2) is 6.60. The van der Waals surface area contributed by atoms with Crippen molar-refractivity contribution in [2.75, 3.05) is 11.5 Å². The third kappa shape index (κ3) is 5.39. The molecular formula is C13H12F3N3O2. The number of benzene rings is 2. The number of rotatable bonds is 1. The van der Waals surface area contributed by atoms with Gasteiger partial charge in [-0.05, 0) is 36.4 Å². The Hall–Kier alpha value is -2.77. The van der Waals surface area contributed by atoms with Crippen molar-refractivity contribution >= 4 is 17.1 Å². The van der Waals surface area contributed by atoms with Crippen molar-refractivity contribution in [1.82, 2.24) is 0 Å². The summed E-state index contributed by atoms with van der Waals surface area (Å²) in [5.74, 6) is 0. The summed E-state index contributed by atoms with van der Waals surface area (Å²) in [6.07, 6.45) is -4.27. The van der Waals surface area contributed by atoms with Gasteiger partial charge in [-0.2, -0.15) is 13.2 Å². The molecule has 0 bridgehead atoms. The summed E-state index contributed by atoms with van der Waals surface area (Å²) in [7, 11) is 0. The van der Waals surface area contributed by atoms with Crippen LogP contribution in [-0.4, -0.2) is 4.92 Å². The molecule has 112 valence electrons. The Balaban J connectivity index is 0.000000211. The number of alkyl halides is 3. The van der Waals surface area contributed by atoms with Crippen molar-refractivity contribution in [3.8, 4) is 0 Å². The summed E-state index contributed by atoms with van der Waals surface area (Å²) in [6, 6.07) is 10.1. The molecule has 5 nitrogen and oxygen atoms in total. The lowest BCUT2D eigenvalue weighted by Crippen LogP contribution is -2.04. The van der Waals surface area contributed by atoms with Gasteiger partial charge in [0.2, 0.25) is 0 Å². The number of nitrogens with two attached hydrogens (primary N) is 2. The Morgan fingerprint density at radius 2 is 1.24 bits per heavy atom. The predicted molar refractivity (Wildman–Crippen MR) is 73.4 cm³/mol. The van der Waals surface area contributed by atoms with Crippen LogP contribution in [0.5, 0.6) is 0 Å². The SMILES string of the molecule is Nc1ccc(C(F)(F)F)cc1.Nc1ccc([N+](=O)[O-])cc1. The zero-order valence-corrected chi connectivity index (χ0v) is 10.7. The first-order valence-electron chi connectivity index (χ1n) is 5.63. The van der Waals surface area contributed by atoms with Crippen LogP contribution in [0.15, 0.2) is 48.5 Å². The first kappa shape index (κ1) is 16.3. The fourth-order valence-electron chi connectivity index (χ4n) is 1.27. The molecule has 0 atom stereocenters. The molecule has 0 saturated carbocycles. The average Bonchev–Trinajstić information content (AvgIpc) is 2.39. The molecule has 2 aromatic carbocycles. The summed E-state index contributed by atoms with van der Waals surface area (Å²) < 4.78 is 35.6. The number of nitrogens with zero attached hydrogens (tertiary/aromatic N) is 1.